The minimum Gasteiger partial charge on any atom is -0.394 e. The van der Waals surface area contributed by atoms with Gasteiger partial charge in [0.15, 0.2) is 0 Å². The Balaban J connectivity index is 3.85. The summed E-state index contributed by atoms with van der Waals surface area (Å²) in [5.41, 5.74) is 0. The average molecular weight is 538 g/mol. The Hall–Kier alpha value is -1.17. The molecule has 0 aromatic carbocycles. The van der Waals surface area contributed by atoms with Crippen LogP contribution in [0.4, 0.5) is 0 Å². The van der Waals surface area contributed by atoms with Crippen LogP contribution >= 0.6 is 0 Å². The van der Waals surface area contributed by atoms with Gasteiger partial charge in [0, 0.05) is 6.42 Å². The van der Waals surface area contributed by atoms with Crippen LogP contribution in [0.3, 0.4) is 0 Å². The topological polar surface area (TPSA) is 89.8 Å². The number of hydrogen-bond acceptors (Lipinski definition) is 4. The Labute approximate surface area is 235 Å². The van der Waals surface area contributed by atoms with Gasteiger partial charge in [0.1, 0.15) is 6.10 Å². The van der Waals surface area contributed by atoms with Crippen LogP contribution in [0.2, 0.25) is 0 Å². The summed E-state index contributed by atoms with van der Waals surface area (Å²) >= 11 is 0. The normalized spacial score (nSPS) is 14.3. The largest absolute Gasteiger partial charge is 0.394 e. The van der Waals surface area contributed by atoms with E-state index in [1.165, 1.54) is 89.9 Å². The monoisotopic (exact) mass is 537 g/mol. The van der Waals surface area contributed by atoms with Gasteiger partial charge in [-0.1, -0.05) is 141 Å². The second kappa shape index (κ2) is 28.8. The lowest BCUT2D eigenvalue weighted by Gasteiger charge is -2.26. The van der Waals surface area contributed by atoms with Crippen LogP contribution < -0.4 is 5.32 Å². The molecule has 0 aromatic rings. The molecule has 0 aliphatic rings. The fourth-order valence-corrected chi connectivity index (χ4v) is 4.74. The van der Waals surface area contributed by atoms with Crippen LogP contribution in [0, 0.1) is 0 Å². The minimum absolute atomic E-state index is 0.215. The first-order valence-corrected chi connectivity index (χ1v) is 16.1. The number of aliphatic hydroxyl groups is 3. The lowest BCUT2D eigenvalue weighted by atomic mass is 9.99. The van der Waals surface area contributed by atoms with E-state index in [0.717, 1.165) is 32.1 Å². The smallest absolute Gasteiger partial charge is 0.220 e. The van der Waals surface area contributed by atoms with Crippen molar-refractivity contribution in [2.45, 2.75) is 173 Å². The molecular weight excluding hydrogens is 474 g/mol. The Morgan fingerprint density at radius 3 is 1.66 bits per heavy atom. The van der Waals surface area contributed by atoms with E-state index in [1.807, 2.05) is 6.08 Å². The van der Waals surface area contributed by atoms with Gasteiger partial charge in [-0.2, -0.15) is 0 Å². The van der Waals surface area contributed by atoms with Crippen molar-refractivity contribution in [1.82, 2.24) is 5.32 Å². The third kappa shape index (κ3) is 23.9. The zero-order valence-corrected chi connectivity index (χ0v) is 25.1. The highest BCUT2D eigenvalue weighted by Crippen LogP contribution is 2.14. The van der Waals surface area contributed by atoms with E-state index in [1.54, 1.807) is 0 Å². The summed E-state index contributed by atoms with van der Waals surface area (Å²) in [6.07, 6.45) is 31.3. The number of carbonyl (C=O) groups excluding carboxylic acids is 1. The van der Waals surface area contributed by atoms with Gasteiger partial charge in [0.2, 0.25) is 5.91 Å². The number of aliphatic hydroxyl groups excluding tert-OH is 3. The molecule has 0 aliphatic heterocycles. The van der Waals surface area contributed by atoms with Crippen molar-refractivity contribution < 1.29 is 20.1 Å². The van der Waals surface area contributed by atoms with Crippen molar-refractivity contribution in [3.8, 4) is 0 Å². The van der Waals surface area contributed by atoms with E-state index >= 15 is 0 Å². The molecule has 0 saturated heterocycles. The highest BCUT2D eigenvalue weighted by molar-refractivity contribution is 5.76. The summed E-state index contributed by atoms with van der Waals surface area (Å²) in [5, 5.41) is 33.1. The van der Waals surface area contributed by atoms with Crippen molar-refractivity contribution >= 4 is 5.91 Å². The molecule has 38 heavy (non-hydrogen) atoms. The molecule has 4 N–H and O–H groups in total. The van der Waals surface area contributed by atoms with Crippen LogP contribution in [-0.4, -0.2) is 46.1 Å². The molecule has 224 valence electrons. The molecule has 5 nitrogen and oxygen atoms in total. The molecule has 0 radical (unpaired) electrons. The Morgan fingerprint density at radius 1 is 0.658 bits per heavy atom. The number of allylic oxidation sites excluding steroid dienone is 4. The number of nitrogens with one attached hydrogen (secondary N) is 1. The van der Waals surface area contributed by atoms with Crippen LogP contribution in [0.1, 0.15) is 155 Å². The lowest BCUT2D eigenvalue weighted by Crippen LogP contribution is -2.50. The lowest BCUT2D eigenvalue weighted by molar-refractivity contribution is -0.124. The number of rotatable bonds is 28. The number of amides is 1. The van der Waals surface area contributed by atoms with E-state index in [9.17, 15) is 20.1 Å². The van der Waals surface area contributed by atoms with Gasteiger partial charge < -0.3 is 20.6 Å². The molecule has 5 heteroatoms. The predicted octanol–water partition coefficient (Wildman–Crippen LogP) is 7.92. The fourth-order valence-electron chi connectivity index (χ4n) is 4.74. The highest BCUT2D eigenvalue weighted by atomic mass is 16.3. The summed E-state index contributed by atoms with van der Waals surface area (Å²) < 4.78 is 0. The minimum atomic E-state index is -1.15. The first-order valence-electron chi connectivity index (χ1n) is 16.1. The molecule has 0 spiro atoms. The zero-order chi connectivity index (χ0) is 28.1. The summed E-state index contributed by atoms with van der Waals surface area (Å²) in [5.74, 6) is -0.215. The maximum absolute atomic E-state index is 12.2. The predicted molar refractivity (Wildman–Crippen MR) is 162 cm³/mol. The van der Waals surface area contributed by atoms with Crippen molar-refractivity contribution in [2.75, 3.05) is 6.61 Å². The molecule has 0 rings (SSSR count). The molecule has 3 atom stereocenters. The molecule has 0 aromatic heterocycles. The summed E-state index contributed by atoms with van der Waals surface area (Å²) in [7, 11) is 0. The highest BCUT2D eigenvalue weighted by Gasteiger charge is 2.26. The molecule has 1 amide bonds. The van der Waals surface area contributed by atoms with Gasteiger partial charge in [-0.3, -0.25) is 4.79 Å². The van der Waals surface area contributed by atoms with Crippen LogP contribution in [0.5, 0.6) is 0 Å². The van der Waals surface area contributed by atoms with Crippen LogP contribution in [-0.2, 0) is 4.79 Å². The van der Waals surface area contributed by atoms with Crippen molar-refractivity contribution in [2.24, 2.45) is 0 Å². The van der Waals surface area contributed by atoms with Crippen molar-refractivity contribution in [1.29, 1.82) is 0 Å². The number of unbranched alkanes of at least 4 members (excludes halogenated alkanes) is 16. The summed E-state index contributed by atoms with van der Waals surface area (Å²) in [6, 6.07) is -0.834. The van der Waals surface area contributed by atoms with Gasteiger partial charge in [0.05, 0.1) is 18.8 Å². The summed E-state index contributed by atoms with van der Waals surface area (Å²) in [4.78, 5) is 12.2. The maximum atomic E-state index is 12.2. The number of carbonyl (C=O) groups is 1. The average Bonchev–Trinajstić information content (AvgIpc) is 2.92. The molecular formula is C33H63NO4. The SMILES string of the molecule is CCCCCCCC/C=C\C/C=C\CCC(=O)NC(CO)C(O)C(O)CCCCCCCCCCCCC. The van der Waals surface area contributed by atoms with E-state index in [2.05, 4.69) is 37.4 Å². The van der Waals surface area contributed by atoms with E-state index in [4.69, 9.17) is 0 Å². The van der Waals surface area contributed by atoms with E-state index in [0.29, 0.717) is 19.3 Å². The molecule has 0 saturated carbocycles. The van der Waals surface area contributed by atoms with Gasteiger partial charge in [-0.25, -0.2) is 0 Å². The quantitative estimate of drug-likeness (QED) is 0.0603. The van der Waals surface area contributed by atoms with Gasteiger partial charge in [0.25, 0.3) is 0 Å². The second-order valence-corrected chi connectivity index (χ2v) is 11.0. The van der Waals surface area contributed by atoms with Crippen molar-refractivity contribution in [3.63, 3.8) is 0 Å². The zero-order valence-electron chi connectivity index (χ0n) is 25.1. The van der Waals surface area contributed by atoms with Gasteiger partial charge in [-0.05, 0) is 32.1 Å². The molecule has 0 heterocycles. The fraction of sp³-hybridized carbons (Fsp3) is 0.848. The standard InChI is InChI=1S/C33H63NO4/c1-3-5-7-9-11-13-15-16-18-20-22-24-26-28-32(37)34-30(29-35)33(38)31(36)27-25-23-21-19-17-14-12-10-8-6-4-2/h16,18,22,24,30-31,33,35-36,38H,3-15,17,19-21,23,25-29H2,1-2H3,(H,34,37)/b18-16-,24-22-. The number of hydrogen-bond donors (Lipinski definition) is 4. The molecule has 0 aliphatic carbocycles. The molecule has 0 bridgehead atoms. The van der Waals surface area contributed by atoms with Crippen LogP contribution in [0.25, 0.3) is 0 Å². The third-order valence-corrected chi connectivity index (χ3v) is 7.32. The first-order chi connectivity index (χ1) is 18.6. The van der Waals surface area contributed by atoms with Gasteiger partial charge in [-0.15, -0.1) is 0 Å². The van der Waals surface area contributed by atoms with Crippen molar-refractivity contribution in [3.05, 3.63) is 24.3 Å². The Kier molecular flexibility index (Phi) is 27.9. The maximum Gasteiger partial charge on any atom is 0.220 e. The third-order valence-electron chi connectivity index (χ3n) is 7.32. The first kappa shape index (κ1) is 36.8. The second-order valence-electron chi connectivity index (χ2n) is 11.0. The van der Waals surface area contributed by atoms with E-state index in [-0.39, 0.29) is 12.5 Å². The van der Waals surface area contributed by atoms with E-state index < -0.39 is 18.2 Å². The molecule has 0 fully saturated rings. The Bertz CT molecular complexity index is 563. The summed E-state index contributed by atoms with van der Waals surface area (Å²) in [6.45, 7) is 4.10. The molecule has 3 unspecified atom stereocenters. The van der Waals surface area contributed by atoms with Crippen LogP contribution in [0.15, 0.2) is 24.3 Å². The van der Waals surface area contributed by atoms with Gasteiger partial charge >= 0.3 is 0 Å². The Morgan fingerprint density at radius 2 is 1.13 bits per heavy atom.